The predicted octanol–water partition coefficient (Wildman–Crippen LogP) is 3.07. The number of fused-ring (bicyclic) bond motifs is 1. The van der Waals surface area contributed by atoms with E-state index in [1.807, 2.05) is 42.3 Å². The number of hydrogen-bond donors (Lipinski definition) is 0. The van der Waals surface area contributed by atoms with Crippen LogP contribution in [0.5, 0.6) is 0 Å². The van der Waals surface area contributed by atoms with Crippen LogP contribution in [0, 0.1) is 0 Å². The fourth-order valence-corrected chi connectivity index (χ4v) is 1.48. The van der Waals surface area contributed by atoms with Gasteiger partial charge in [-0.05, 0) is 29.3 Å². The summed E-state index contributed by atoms with van der Waals surface area (Å²) in [5, 5.41) is 2.34. The Labute approximate surface area is 82.7 Å². The molecule has 14 heavy (non-hydrogen) atoms. The summed E-state index contributed by atoms with van der Waals surface area (Å²) in [5.41, 5.74) is 1.59. The van der Waals surface area contributed by atoms with E-state index in [0.717, 1.165) is 10.9 Å². The van der Waals surface area contributed by atoms with Crippen LogP contribution in [0.4, 0.5) is 0 Å². The average molecular weight is 182 g/mol. The molecule has 2 aromatic carbocycles. The van der Waals surface area contributed by atoms with Gasteiger partial charge in [-0.15, -0.1) is 0 Å². The largest absolute Gasteiger partial charge is 0.233 e. The second kappa shape index (κ2) is 3.49. The van der Waals surface area contributed by atoms with E-state index < -0.39 is 0 Å². The minimum Gasteiger partial charge on any atom is -0.233 e. The summed E-state index contributed by atoms with van der Waals surface area (Å²) in [6, 6.07) is 14.1. The molecule has 1 nitrogen and oxygen atoms in total. The molecule has 0 amide bonds. The molecule has 0 unspecified atom stereocenters. The molecule has 1 heteroatoms. The van der Waals surface area contributed by atoms with Crippen LogP contribution >= 0.6 is 0 Å². The quantitative estimate of drug-likeness (QED) is 0.619. The van der Waals surface area contributed by atoms with Gasteiger partial charge >= 0.3 is 0 Å². The highest BCUT2D eigenvalue weighted by Gasteiger charge is 1.97. The van der Waals surface area contributed by atoms with Gasteiger partial charge in [0.05, 0.1) is 0 Å². The van der Waals surface area contributed by atoms with E-state index in [-0.39, 0.29) is 0 Å². The summed E-state index contributed by atoms with van der Waals surface area (Å²) in [7, 11) is 0. The molecule has 0 aromatic heterocycles. The molecule has 0 aliphatic rings. The van der Waals surface area contributed by atoms with E-state index in [9.17, 15) is 4.79 Å². The maximum absolute atomic E-state index is 10.5. The van der Waals surface area contributed by atoms with Crippen molar-refractivity contribution in [1.82, 2.24) is 0 Å². The SMILES string of the molecule is CC(=C=O)c1ccc2ccccc2c1. The maximum atomic E-state index is 10.5. The molecule has 0 heterocycles. The number of hydrogen-bond acceptors (Lipinski definition) is 1. The number of rotatable bonds is 1. The van der Waals surface area contributed by atoms with Gasteiger partial charge in [0.25, 0.3) is 0 Å². The average Bonchev–Trinajstić information content (AvgIpc) is 2.27. The molecular formula is C13H10O. The lowest BCUT2D eigenvalue weighted by molar-refractivity contribution is 0.569. The molecule has 0 spiro atoms. The van der Waals surface area contributed by atoms with Gasteiger partial charge in [0, 0.05) is 5.57 Å². The summed E-state index contributed by atoms with van der Waals surface area (Å²) in [6.07, 6.45) is 0. The zero-order chi connectivity index (χ0) is 9.97. The van der Waals surface area contributed by atoms with Crippen LogP contribution in [0.25, 0.3) is 16.3 Å². The Morgan fingerprint density at radius 1 is 1.07 bits per heavy atom. The van der Waals surface area contributed by atoms with Crippen molar-refractivity contribution in [3.05, 3.63) is 48.0 Å². The number of benzene rings is 2. The molecule has 0 radical (unpaired) electrons. The molecule has 2 aromatic rings. The molecule has 0 aliphatic heterocycles. The van der Waals surface area contributed by atoms with E-state index in [4.69, 9.17) is 0 Å². The van der Waals surface area contributed by atoms with Crippen LogP contribution in [-0.4, -0.2) is 5.94 Å². The van der Waals surface area contributed by atoms with Crippen LogP contribution in [0.1, 0.15) is 12.5 Å². The van der Waals surface area contributed by atoms with Crippen molar-refractivity contribution >= 4 is 22.3 Å². The third-order valence-electron chi connectivity index (χ3n) is 2.34. The lowest BCUT2D eigenvalue weighted by atomic mass is 10.0. The van der Waals surface area contributed by atoms with Crippen LogP contribution in [0.3, 0.4) is 0 Å². The fourth-order valence-electron chi connectivity index (χ4n) is 1.48. The minimum absolute atomic E-state index is 0.649. The topological polar surface area (TPSA) is 17.1 Å². The van der Waals surface area contributed by atoms with E-state index >= 15 is 0 Å². The highest BCUT2D eigenvalue weighted by atomic mass is 16.1. The van der Waals surface area contributed by atoms with Crippen molar-refractivity contribution in [3.8, 4) is 0 Å². The predicted molar refractivity (Wildman–Crippen MR) is 58.7 cm³/mol. The molecule has 2 rings (SSSR count). The maximum Gasteiger partial charge on any atom is 0.128 e. The first-order valence-corrected chi connectivity index (χ1v) is 4.52. The van der Waals surface area contributed by atoms with Gasteiger partial charge in [-0.3, -0.25) is 0 Å². The van der Waals surface area contributed by atoms with Crippen molar-refractivity contribution in [2.24, 2.45) is 0 Å². The second-order valence-electron chi connectivity index (χ2n) is 3.29. The summed E-state index contributed by atoms with van der Waals surface area (Å²) in [6.45, 7) is 1.77. The zero-order valence-corrected chi connectivity index (χ0v) is 7.95. The van der Waals surface area contributed by atoms with Crippen molar-refractivity contribution in [3.63, 3.8) is 0 Å². The number of allylic oxidation sites excluding steroid dienone is 1. The third kappa shape index (κ3) is 1.46. The monoisotopic (exact) mass is 182 g/mol. The lowest BCUT2D eigenvalue weighted by Gasteiger charge is -2.00. The Bertz CT molecular complexity index is 520. The van der Waals surface area contributed by atoms with Crippen LogP contribution < -0.4 is 0 Å². The van der Waals surface area contributed by atoms with Gasteiger partial charge in [-0.1, -0.05) is 36.4 Å². The molecule has 0 aliphatic carbocycles. The summed E-state index contributed by atoms with van der Waals surface area (Å²) >= 11 is 0. The van der Waals surface area contributed by atoms with Crippen molar-refractivity contribution < 1.29 is 4.79 Å². The Hall–Kier alpha value is -1.85. The van der Waals surface area contributed by atoms with Crippen LogP contribution in [-0.2, 0) is 4.79 Å². The normalized spacial score (nSPS) is 9.79. The zero-order valence-electron chi connectivity index (χ0n) is 7.95. The first-order valence-electron chi connectivity index (χ1n) is 4.52. The first kappa shape index (κ1) is 8.74. The molecule has 68 valence electrons. The minimum atomic E-state index is 0.649. The van der Waals surface area contributed by atoms with E-state index in [1.54, 1.807) is 6.92 Å². The van der Waals surface area contributed by atoms with Gasteiger partial charge in [-0.2, -0.15) is 0 Å². The van der Waals surface area contributed by atoms with Gasteiger partial charge in [0.2, 0.25) is 0 Å². The van der Waals surface area contributed by atoms with Gasteiger partial charge in [-0.25, -0.2) is 4.79 Å². The van der Waals surface area contributed by atoms with Gasteiger partial charge in [0.15, 0.2) is 0 Å². The Balaban J connectivity index is 2.68. The fraction of sp³-hybridized carbons (Fsp3) is 0.0769. The first-order chi connectivity index (χ1) is 6.81. The summed E-state index contributed by atoms with van der Waals surface area (Å²) < 4.78 is 0. The van der Waals surface area contributed by atoms with E-state index in [1.165, 1.54) is 5.39 Å². The molecule has 0 bridgehead atoms. The van der Waals surface area contributed by atoms with Gasteiger partial charge < -0.3 is 0 Å². The van der Waals surface area contributed by atoms with Crippen molar-refractivity contribution in [1.29, 1.82) is 0 Å². The van der Waals surface area contributed by atoms with Crippen molar-refractivity contribution in [2.45, 2.75) is 6.92 Å². The molecule has 0 saturated heterocycles. The third-order valence-corrected chi connectivity index (χ3v) is 2.34. The standard InChI is InChI=1S/C13H10O/c1-10(9-14)12-7-6-11-4-2-3-5-13(11)8-12/h2-8H,1H3. The van der Waals surface area contributed by atoms with Crippen LogP contribution in [0.2, 0.25) is 0 Å². The molecule has 0 N–H and O–H groups in total. The Morgan fingerprint density at radius 3 is 2.50 bits per heavy atom. The molecule has 0 saturated carbocycles. The molecule has 0 fully saturated rings. The second-order valence-corrected chi connectivity index (χ2v) is 3.29. The summed E-state index contributed by atoms with van der Waals surface area (Å²) in [4.78, 5) is 10.5. The Morgan fingerprint density at radius 2 is 1.79 bits per heavy atom. The highest BCUT2D eigenvalue weighted by Crippen LogP contribution is 2.19. The van der Waals surface area contributed by atoms with Crippen molar-refractivity contribution in [2.75, 3.05) is 0 Å². The Kier molecular flexibility index (Phi) is 2.18. The highest BCUT2D eigenvalue weighted by molar-refractivity contribution is 5.91. The van der Waals surface area contributed by atoms with E-state index in [0.29, 0.717) is 5.57 Å². The molecule has 0 atom stereocenters. The molecular weight excluding hydrogens is 172 g/mol. The number of carbonyl (C=O) groups excluding carboxylic acids is 1. The summed E-state index contributed by atoms with van der Waals surface area (Å²) in [5.74, 6) is 1.91. The van der Waals surface area contributed by atoms with Crippen LogP contribution in [0.15, 0.2) is 42.5 Å². The van der Waals surface area contributed by atoms with E-state index in [2.05, 4.69) is 6.07 Å². The van der Waals surface area contributed by atoms with Gasteiger partial charge in [0.1, 0.15) is 5.94 Å². The lowest BCUT2D eigenvalue weighted by Crippen LogP contribution is -1.80. The smallest absolute Gasteiger partial charge is 0.128 e.